The van der Waals surface area contributed by atoms with Gasteiger partial charge in [-0.1, -0.05) is 26.1 Å². The van der Waals surface area contributed by atoms with E-state index in [1.165, 1.54) is 18.1 Å². The second kappa shape index (κ2) is 10.9. The summed E-state index contributed by atoms with van der Waals surface area (Å²) in [5.41, 5.74) is 0.912. The number of thiocarbonyl (C=S) groups is 1. The van der Waals surface area contributed by atoms with Gasteiger partial charge in [-0.25, -0.2) is 9.18 Å². The van der Waals surface area contributed by atoms with Crippen LogP contribution < -0.4 is 15.1 Å². The number of anilines is 2. The quantitative estimate of drug-likeness (QED) is 0.590. The molecule has 2 aliphatic heterocycles. The molecule has 3 rings (SSSR count). The van der Waals surface area contributed by atoms with Crippen LogP contribution in [0.2, 0.25) is 0 Å². The Bertz CT molecular complexity index is 845. The second-order valence-electron chi connectivity index (χ2n) is 8.45. The Labute approximate surface area is 193 Å². The zero-order chi connectivity index (χ0) is 23.3. The maximum absolute atomic E-state index is 14.9. The van der Waals surface area contributed by atoms with E-state index in [9.17, 15) is 14.0 Å². The van der Waals surface area contributed by atoms with Crippen LogP contribution in [0, 0.1) is 11.7 Å². The minimum Gasteiger partial charge on any atom is -0.442 e. The van der Waals surface area contributed by atoms with Crippen molar-refractivity contribution in [1.82, 2.24) is 10.2 Å². The molecule has 8 nitrogen and oxygen atoms in total. The van der Waals surface area contributed by atoms with E-state index >= 15 is 0 Å². The predicted octanol–water partition coefficient (Wildman–Crippen LogP) is 2.41. The van der Waals surface area contributed by atoms with Crippen molar-refractivity contribution in [3.63, 3.8) is 0 Å². The number of carbonyl (C=O) groups excluding carboxylic acids is 2. The monoisotopic (exact) mass is 466 g/mol. The van der Waals surface area contributed by atoms with Gasteiger partial charge in [0, 0.05) is 39.7 Å². The fourth-order valence-electron chi connectivity index (χ4n) is 3.84. The van der Waals surface area contributed by atoms with E-state index in [1.807, 2.05) is 4.90 Å². The van der Waals surface area contributed by atoms with Crippen LogP contribution in [-0.2, 0) is 14.3 Å². The van der Waals surface area contributed by atoms with Crippen LogP contribution in [-0.4, -0.2) is 81.0 Å². The molecule has 10 heteroatoms. The summed E-state index contributed by atoms with van der Waals surface area (Å²) >= 11 is 5.30. The summed E-state index contributed by atoms with van der Waals surface area (Å²) in [6.45, 7) is 7.06. The van der Waals surface area contributed by atoms with Gasteiger partial charge < -0.3 is 24.6 Å². The standard InChI is InChI=1S/C22H31FN4O4S/c1-15(2)10-20(32)24-12-17-13-27(22(29)31-17)16-4-5-19(18(23)11-16)25-6-8-26(9-7-25)21(28)14-30-3/h4-5,11,15,17H,6-10,12-14H2,1-3H3,(H,24,32). The fourth-order valence-corrected chi connectivity index (χ4v) is 4.26. The fraction of sp³-hybridized carbons (Fsp3) is 0.591. The molecule has 176 valence electrons. The molecule has 2 fully saturated rings. The summed E-state index contributed by atoms with van der Waals surface area (Å²) in [6, 6.07) is 4.76. The van der Waals surface area contributed by atoms with Gasteiger partial charge in [0.2, 0.25) is 5.91 Å². The minimum atomic E-state index is -0.496. The minimum absolute atomic E-state index is 0.0506. The van der Waals surface area contributed by atoms with Gasteiger partial charge in [-0.05, 0) is 24.1 Å². The third-order valence-corrected chi connectivity index (χ3v) is 5.79. The number of hydrogen-bond donors (Lipinski definition) is 1. The van der Waals surface area contributed by atoms with Gasteiger partial charge >= 0.3 is 6.09 Å². The first-order valence-corrected chi connectivity index (χ1v) is 11.3. The van der Waals surface area contributed by atoms with Crippen molar-refractivity contribution in [2.75, 3.05) is 62.8 Å². The molecule has 0 aliphatic carbocycles. The van der Waals surface area contributed by atoms with E-state index in [0.717, 1.165) is 11.4 Å². The number of rotatable bonds is 8. The lowest BCUT2D eigenvalue weighted by Gasteiger charge is -2.36. The summed E-state index contributed by atoms with van der Waals surface area (Å²) in [6.07, 6.45) is -0.0710. The van der Waals surface area contributed by atoms with Crippen LogP contribution in [0.3, 0.4) is 0 Å². The molecule has 1 unspecified atom stereocenters. The lowest BCUT2D eigenvalue weighted by Crippen LogP contribution is -2.50. The number of ether oxygens (including phenoxy) is 2. The maximum Gasteiger partial charge on any atom is 0.414 e. The highest BCUT2D eigenvalue weighted by Gasteiger charge is 2.33. The number of hydrogen-bond acceptors (Lipinski definition) is 6. The van der Waals surface area contributed by atoms with Crippen molar-refractivity contribution < 1.29 is 23.5 Å². The maximum atomic E-state index is 14.9. The molecule has 2 aliphatic rings. The average molecular weight is 467 g/mol. The molecule has 1 atom stereocenters. The summed E-state index contributed by atoms with van der Waals surface area (Å²) in [7, 11) is 1.49. The van der Waals surface area contributed by atoms with Gasteiger partial charge in [-0.2, -0.15) is 0 Å². The molecule has 0 aromatic heterocycles. The summed E-state index contributed by atoms with van der Waals surface area (Å²) < 4.78 is 25.2. The zero-order valence-electron chi connectivity index (χ0n) is 18.8. The Hall–Kier alpha value is -2.46. The van der Waals surface area contributed by atoms with Crippen LogP contribution in [0.5, 0.6) is 0 Å². The first kappa shape index (κ1) is 24.2. The first-order valence-electron chi connectivity index (χ1n) is 10.8. The molecule has 1 aromatic carbocycles. The highest BCUT2D eigenvalue weighted by atomic mass is 32.1. The Morgan fingerprint density at radius 3 is 2.66 bits per heavy atom. The number of benzene rings is 1. The Kier molecular flexibility index (Phi) is 8.25. The molecule has 0 bridgehead atoms. The number of cyclic esters (lactones) is 1. The molecule has 0 saturated carbocycles. The lowest BCUT2D eigenvalue weighted by molar-refractivity contribution is -0.135. The van der Waals surface area contributed by atoms with E-state index in [0.29, 0.717) is 56.6 Å². The predicted molar refractivity (Wildman–Crippen MR) is 125 cm³/mol. The van der Waals surface area contributed by atoms with Crippen LogP contribution in [0.15, 0.2) is 18.2 Å². The Morgan fingerprint density at radius 2 is 2.03 bits per heavy atom. The topological polar surface area (TPSA) is 74.3 Å². The van der Waals surface area contributed by atoms with Gasteiger partial charge in [0.15, 0.2) is 0 Å². The summed E-state index contributed by atoms with van der Waals surface area (Å²) in [5, 5.41) is 3.14. The van der Waals surface area contributed by atoms with Crippen molar-refractivity contribution in [1.29, 1.82) is 0 Å². The third-order valence-electron chi connectivity index (χ3n) is 5.48. The lowest BCUT2D eigenvalue weighted by atomic mass is 10.1. The number of halogens is 1. The second-order valence-corrected chi connectivity index (χ2v) is 8.95. The van der Waals surface area contributed by atoms with Gasteiger partial charge in [0.05, 0.1) is 29.5 Å². The highest BCUT2D eigenvalue weighted by Crippen LogP contribution is 2.28. The van der Waals surface area contributed by atoms with Crippen molar-refractivity contribution >= 4 is 40.6 Å². The van der Waals surface area contributed by atoms with E-state index in [1.54, 1.807) is 17.0 Å². The Morgan fingerprint density at radius 1 is 1.31 bits per heavy atom. The molecular formula is C22H31FN4O4S. The number of carbonyl (C=O) groups is 2. The number of amides is 2. The number of nitrogens with zero attached hydrogens (tertiary/aromatic N) is 3. The molecule has 1 aromatic rings. The molecule has 2 heterocycles. The van der Waals surface area contributed by atoms with Crippen molar-refractivity contribution in [3.8, 4) is 0 Å². The molecule has 2 saturated heterocycles. The Balaban J connectivity index is 1.56. The SMILES string of the molecule is COCC(=O)N1CCN(c2ccc(N3CC(CNC(=S)CC(C)C)OC3=O)cc2F)CC1. The summed E-state index contributed by atoms with van der Waals surface area (Å²) in [4.78, 5) is 30.1. The van der Waals surface area contributed by atoms with Crippen LogP contribution >= 0.6 is 12.2 Å². The molecule has 0 spiro atoms. The van der Waals surface area contributed by atoms with E-state index in [4.69, 9.17) is 21.7 Å². The van der Waals surface area contributed by atoms with Gasteiger partial charge in [0.25, 0.3) is 0 Å². The highest BCUT2D eigenvalue weighted by molar-refractivity contribution is 7.80. The number of methoxy groups -OCH3 is 1. The van der Waals surface area contributed by atoms with Gasteiger partial charge in [-0.3, -0.25) is 9.69 Å². The average Bonchev–Trinajstić information content (AvgIpc) is 3.12. The molecule has 1 N–H and O–H groups in total. The number of piperazine rings is 1. The van der Waals surface area contributed by atoms with Crippen LogP contribution in [0.25, 0.3) is 0 Å². The molecule has 2 amide bonds. The van der Waals surface area contributed by atoms with E-state index in [-0.39, 0.29) is 18.6 Å². The number of nitrogens with one attached hydrogen (secondary N) is 1. The van der Waals surface area contributed by atoms with Crippen molar-refractivity contribution in [2.24, 2.45) is 5.92 Å². The van der Waals surface area contributed by atoms with Gasteiger partial charge in [-0.15, -0.1) is 0 Å². The summed E-state index contributed by atoms with van der Waals surface area (Å²) in [5.74, 6) is -0.0240. The molecule has 32 heavy (non-hydrogen) atoms. The smallest absolute Gasteiger partial charge is 0.414 e. The van der Waals surface area contributed by atoms with Crippen LogP contribution in [0.1, 0.15) is 20.3 Å². The van der Waals surface area contributed by atoms with E-state index < -0.39 is 11.9 Å². The molecule has 0 radical (unpaired) electrons. The first-order chi connectivity index (χ1) is 15.3. The van der Waals surface area contributed by atoms with E-state index in [2.05, 4.69) is 19.2 Å². The zero-order valence-corrected chi connectivity index (χ0v) is 19.6. The molecular weight excluding hydrogens is 435 g/mol. The van der Waals surface area contributed by atoms with Crippen molar-refractivity contribution in [2.45, 2.75) is 26.4 Å². The van der Waals surface area contributed by atoms with Crippen molar-refractivity contribution in [3.05, 3.63) is 24.0 Å². The van der Waals surface area contributed by atoms with Gasteiger partial charge in [0.1, 0.15) is 18.5 Å². The third kappa shape index (κ3) is 6.07. The van der Waals surface area contributed by atoms with Crippen LogP contribution in [0.4, 0.5) is 20.6 Å². The largest absolute Gasteiger partial charge is 0.442 e. The normalized spacial score (nSPS) is 18.8.